The number of pyridine rings is 1. The molecule has 4 aromatic rings. The molecular formula is C25H23F4N7O3. The van der Waals surface area contributed by atoms with Gasteiger partial charge in [-0.1, -0.05) is 12.1 Å². The van der Waals surface area contributed by atoms with E-state index in [0.29, 0.717) is 42.0 Å². The summed E-state index contributed by atoms with van der Waals surface area (Å²) in [5.41, 5.74) is 0.420. The van der Waals surface area contributed by atoms with Crippen LogP contribution in [0.5, 0.6) is 5.88 Å². The van der Waals surface area contributed by atoms with Crippen molar-refractivity contribution in [2.75, 3.05) is 31.5 Å². The zero-order valence-corrected chi connectivity index (χ0v) is 20.8. The Balaban J connectivity index is 1.39. The first-order valence-electron chi connectivity index (χ1n) is 11.5. The summed E-state index contributed by atoms with van der Waals surface area (Å²) in [5, 5.41) is 9.52. The lowest BCUT2D eigenvalue weighted by Gasteiger charge is -2.13. The third-order valence-electron chi connectivity index (χ3n) is 5.44. The van der Waals surface area contributed by atoms with Crippen molar-refractivity contribution in [3.05, 3.63) is 72.2 Å². The van der Waals surface area contributed by atoms with Crippen LogP contribution >= 0.6 is 0 Å². The summed E-state index contributed by atoms with van der Waals surface area (Å²) in [7, 11) is 2.66. The van der Waals surface area contributed by atoms with Crippen LogP contribution in [0.3, 0.4) is 0 Å². The summed E-state index contributed by atoms with van der Waals surface area (Å²) in [6, 6.07) is 4.94. The van der Waals surface area contributed by atoms with E-state index in [0.717, 1.165) is 13.3 Å². The number of aromatic nitrogens is 5. The van der Waals surface area contributed by atoms with Gasteiger partial charge in [-0.15, -0.1) is 0 Å². The van der Waals surface area contributed by atoms with Crippen molar-refractivity contribution in [3.63, 3.8) is 0 Å². The highest BCUT2D eigenvalue weighted by Gasteiger charge is 2.35. The molecular weight excluding hydrogens is 522 g/mol. The Bertz CT molecular complexity index is 1440. The highest BCUT2D eigenvalue weighted by atomic mass is 19.4. The number of nitrogens with one attached hydrogen (secondary N) is 2. The summed E-state index contributed by atoms with van der Waals surface area (Å²) in [4.78, 5) is 24.4. The van der Waals surface area contributed by atoms with E-state index >= 15 is 0 Å². The van der Waals surface area contributed by atoms with Gasteiger partial charge in [0.2, 0.25) is 17.7 Å². The Morgan fingerprint density at radius 3 is 2.44 bits per heavy atom. The molecule has 3 aromatic heterocycles. The molecule has 39 heavy (non-hydrogen) atoms. The number of methoxy groups -OCH3 is 2. The number of hydrogen-bond donors (Lipinski definition) is 2. The fourth-order valence-electron chi connectivity index (χ4n) is 3.54. The number of alkyl halides is 3. The van der Waals surface area contributed by atoms with E-state index in [4.69, 9.17) is 4.74 Å². The van der Waals surface area contributed by atoms with Gasteiger partial charge in [0.15, 0.2) is 0 Å². The van der Waals surface area contributed by atoms with Crippen LogP contribution in [0.4, 0.5) is 34.9 Å². The summed E-state index contributed by atoms with van der Waals surface area (Å²) >= 11 is 0. The number of carbonyl (C=O) groups is 1. The maximum absolute atomic E-state index is 14.8. The summed E-state index contributed by atoms with van der Waals surface area (Å²) < 4.78 is 65.7. The van der Waals surface area contributed by atoms with Crippen molar-refractivity contribution in [2.45, 2.75) is 19.1 Å². The third kappa shape index (κ3) is 7.04. The Morgan fingerprint density at radius 1 is 1.00 bits per heavy atom. The second-order valence-corrected chi connectivity index (χ2v) is 8.21. The maximum Gasteiger partial charge on any atom is 0.421 e. The molecule has 0 atom stereocenters. The van der Waals surface area contributed by atoms with Gasteiger partial charge in [0.1, 0.15) is 11.4 Å². The number of rotatable bonds is 10. The standard InChI is InChI=1S/C25H23F4N7O3/c1-38-6-5-36-14-19(13-33-36)35-24-31-10-17(11-32-24)15-3-4-16(21(26)7-15)8-22(37)34-18-9-20(25(27,28)29)23(39-2)30-12-18/h3-4,7,9-14H,5-6,8H2,1-2H3,(H,34,37)(H,31,32,35). The number of anilines is 3. The molecule has 0 spiro atoms. The molecule has 14 heteroatoms. The molecule has 10 nitrogen and oxygen atoms in total. The Hall–Kier alpha value is -4.59. The zero-order valence-electron chi connectivity index (χ0n) is 20.8. The predicted octanol–water partition coefficient (Wildman–Crippen LogP) is 4.47. The second kappa shape index (κ2) is 11.9. The first kappa shape index (κ1) is 27.4. The van der Waals surface area contributed by atoms with E-state index in [-0.39, 0.29) is 11.3 Å². The molecule has 2 N–H and O–H groups in total. The molecule has 0 aliphatic rings. The number of halogens is 4. The average Bonchev–Trinajstić information content (AvgIpc) is 3.35. The molecule has 0 aliphatic heterocycles. The minimum absolute atomic E-state index is 0.0541. The Labute approximate surface area is 220 Å². The minimum atomic E-state index is -4.73. The van der Waals surface area contributed by atoms with Gasteiger partial charge in [-0.25, -0.2) is 19.3 Å². The van der Waals surface area contributed by atoms with Crippen LogP contribution in [0.2, 0.25) is 0 Å². The van der Waals surface area contributed by atoms with Gasteiger partial charge in [0.05, 0.1) is 50.5 Å². The monoisotopic (exact) mass is 545 g/mol. The molecule has 3 heterocycles. The van der Waals surface area contributed by atoms with Gasteiger partial charge in [-0.3, -0.25) is 9.48 Å². The highest BCUT2D eigenvalue weighted by molar-refractivity contribution is 5.92. The molecule has 1 amide bonds. The fourth-order valence-corrected chi connectivity index (χ4v) is 3.54. The second-order valence-electron chi connectivity index (χ2n) is 8.21. The predicted molar refractivity (Wildman–Crippen MR) is 133 cm³/mol. The summed E-state index contributed by atoms with van der Waals surface area (Å²) in [6.07, 6.45) is 2.32. The quantitative estimate of drug-likeness (QED) is 0.281. The molecule has 204 valence electrons. The molecule has 1 aromatic carbocycles. The van der Waals surface area contributed by atoms with E-state index in [1.165, 1.54) is 24.5 Å². The lowest BCUT2D eigenvalue weighted by molar-refractivity contribution is -0.139. The number of amides is 1. The van der Waals surface area contributed by atoms with Gasteiger partial charge < -0.3 is 20.1 Å². The van der Waals surface area contributed by atoms with E-state index in [1.807, 2.05) is 0 Å². The van der Waals surface area contributed by atoms with E-state index in [9.17, 15) is 22.4 Å². The van der Waals surface area contributed by atoms with Crippen LogP contribution in [-0.2, 0) is 28.7 Å². The largest absolute Gasteiger partial charge is 0.481 e. The van der Waals surface area contributed by atoms with Crippen molar-refractivity contribution in [3.8, 4) is 17.0 Å². The smallest absolute Gasteiger partial charge is 0.421 e. The van der Waals surface area contributed by atoms with Gasteiger partial charge >= 0.3 is 6.18 Å². The van der Waals surface area contributed by atoms with E-state index in [1.54, 1.807) is 30.3 Å². The van der Waals surface area contributed by atoms with Crippen LogP contribution in [-0.4, -0.2) is 51.5 Å². The third-order valence-corrected chi connectivity index (χ3v) is 5.44. The normalized spacial score (nSPS) is 11.3. The van der Waals surface area contributed by atoms with Gasteiger partial charge in [0.25, 0.3) is 0 Å². The minimum Gasteiger partial charge on any atom is -0.481 e. The molecule has 0 radical (unpaired) electrons. The molecule has 0 aliphatic carbocycles. The van der Waals surface area contributed by atoms with Crippen LogP contribution in [0.25, 0.3) is 11.1 Å². The Kier molecular flexibility index (Phi) is 8.34. The molecule has 4 rings (SSSR count). The lowest BCUT2D eigenvalue weighted by atomic mass is 10.0. The molecule has 0 saturated heterocycles. The average molecular weight is 545 g/mol. The maximum atomic E-state index is 14.8. The first-order chi connectivity index (χ1) is 18.7. The van der Waals surface area contributed by atoms with E-state index in [2.05, 4.69) is 35.4 Å². The van der Waals surface area contributed by atoms with Crippen molar-refractivity contribution >= 4 is 23.2 Å². The molecule has 0 bridgehead atoms. The topological polar surface area (TPSA) is 116 Å². The number of carbonyl (C=O) groups excluding carboxylic acids is 1. The molecule has 0 fully saturated rings. The summed E-state index contributed by atoms with van der Waals surface area (Å²) in [6.45, 7) is 1.12. The molecule has 0 unspecified atom stereocenters. The number of ether oxygens (including phenoxy) is 2. The van der Waals surface area contributed by atoms with Crippen molar-refractivity contribution in [1.82, 2.24) is 24.7 Å². The fraction of sp³-hybridized carbons (Fsp3) is 0.240. The van der Waals surface area contributed by atoms with E-state index < -0.39 is 35.8 Å². The highest BCUT2D eigenvalue weighted by Crippen LogP contribution is 2.36. The van der Waals surface area contributed by atoms with Crippen molar-refractivity contribution < 1.29 is 31.8 Å². The van der Waals surface area contributed by atoms with Crippen LogP contribution in [0, 0.1) is 5.82 Å². The zero-order chi connectivity index (χ0) is 28.0. The number of benzene rings is 1. The van der Waals surface area contributed by atoms with Crippen LogP contribution in [0.15, 0.2) is 55.2 Å². The first-order valence-corrected chi connectivity index (χ1v) is 11.5. The molecule has 0 saturated carbocycles. The Morgan fingerprint density at radius 2 is 1.77 bits per heavy atom. The SMILES string of the molecule is COCCn1cc(Nc2ncc(-c3ccc(CC(=O)Nc4cnc(OC)c(C(F)(F)F)c4)c(F)c3)cn2)cn1. The number of hydrogen-bond acceptors (Lipinski definition) is 8. The van der Waals surface area contributed by atoms with Crippen LogP contribution < -0.4 is 15.4 Å². The van der Waals surface area contributed by atoms with Crippen LogP contribution in [0.1, 0.15) is 11.1 Å². The van der Waals surface area contributed by atoms with Crippen molar-refractivity contribution in [1.29, 1.82) is 0 Å². The van der Waals surface area contributed by atoms with Gasteiger partial charge in [-0.2, -0.15) is 18.3 Å². The summed E-state index contributed by atoms with van der Waals surface area (Å²) in [5.74, 6) is -1.69. The lowest BCUT2D eigenvalue weighted by Crippen LogP contribution is -2.17. The van der Waals surface area contributed by atoms with Gasteiger partial charge in [0, 0.05) is 31.3 Å². The number of nitrogens with zero attached hydrogens (tertiary/aromatic N) is 5. The van der Waals surface area contributed by atoms with Crippen molar-refractivity contribution in [2.24, 2.45) is 0 Å². The van der Waals surface area contributed by atoms with Gasteiger partial charge in [-0.05, 0) is 23.3 Å².